The Balaban J connectivity index is 0.00000320. The maximum absolute atomic E-state index is 12.4. The van der Waals surface area contributed by atoms with Gasteiger partial charge in [0.1, 0.15) is 11.5 Å². The van der Waals surface area contributed by atoms with Gasteiger partial charge in [0.05, 0.1) is 18.8 Å². The molecule has 0 bridgehead atoms. The van der Waals surface area contributed by atoms with Crippen LogP contribution < -0.4 is 15.4 Å². The quantitative estimate of drug-likeness (QED) is 0.284. The fourth-order valence-electron chi connectivity index (χ4n) is 3.47. The van der Waals surface area contributed by atoms with Crippen LogP contribution in [0.3, 0.4) is 0 Å². The van der Waals surface area contributed by atoms with E-state index in [0.29, 0.717) is 19.0 Å². The van der Waals surface area contributed by atoms with E-state index in [9.17, 15) is 8.78 Å². The fraction of sp³-hybridized carbons (Fsp3) is 0.476. The van der Waals surface area contributed by atoms with Crippen LogP contribution >= 0.6 is 24.0 Å². The summed E-state index contributed by atoms with van der Waals surface area (Å²) in [5, 5.41) is 6.62. The van der Waals surface area contributed by atoms with Gasteiger partial charge in [0, 0.05) is 13.1 Å². The number of alkyl halides is 2. The Hall–Kier alpha value is -1.88. The minimum Gasteiger partial charge on any atom is -0.468 e. The van der Waals surface area contributed by atoms with Gasteiger partial charge >= 0.3 is 6.61 Å². The largest absolute Gasteiger partial charge is 0.468 e. The van der Waals surface area contributed by atoms with E-state index in [-0.39, 0.29) is 35.8 Å². The second-order valence-corrected chi connectivity index (χ2v) is 6.88. The second kappa shape index (κ2) is 12.7. The lowest BCUT2D eigenvalue weighted by Gasteiger charge is -2.26. The van der Waals surface area contributed by atoms with E-state index in [2.05, 4.69) is 25.3 Å². The van der Waals surface area contributed by atoms with Gasteiger partial charge in [0.25, 0.3) is 0 Å². The standard InChI is InChI=1S/C21H28F2N4O2.HI/c1-2-24-21(25-14-16-7-5-8-17(13-16)29-20(22)23)26-15-18(19-9-6-12-28-19)27-10-3-4-11-27;/h5-9,12-13,18,20H,2-4,10-11,14-15H2,1H3,(H2,24,25,26);1H. The number of likely N-dealkylation sites (tertiary alicyclic amines) is 1. The van der Waals surface area contributed by atoms with E-state index in [1.165, 1.54) is 18.9 Å². The third-order valence-electron chi connectivity index (χ3n) is 4.80. The molecule has 9 heteroatoms. The Morgan fingerprint density at radius 1 is 1.20 bits per heavy atom. The average molecular weight is 534 g/mol. The number of nitrogens with one attached hydrogen (secondary N) is 2. The highest BCUT2D eigenvalue weighted by atomic mass is 127. The first-order valence-electron chi connectivity index (χ1n) is 9.99. The summed E-state index contributed by atoms with van der Waals surface area (Å²) < 4.78 is 34.9. The molecule has 0 aliphatic carbocycles. The summed E-state index contributed by atoms with van der Waals surface area (Å²) in [6.07, 6.45) is 4.09. The molecule has 1 aromatic carbocycles. The topological polar surface area (TPSA) is 62.0 Å². The van der Waals surface area contributed by atoms with E-state index < -0.39 is 6.61 Å². The maximum atomic E-state index is 12.4. The number of furan rings is 1. The highest BCUT2D eigenvalue weighted by Gasteiger charge is 2.25. The van der Waals surface area contributed by atoms with E-state index >= 15 is 0 Å². The fourth-order valence-corrected chi connectivity index (χ4v) is 3.47. The smallest absolute Gasteiger partial charge is 0.387 e. The number of nitrogens with zero attached hydrogens (tertiary/aromatic N) is 2. The summed E-state index contributed by atoms with van der Waals surface area (Å²) in [5.41, 5.74) is 0.794. The second-order valence-electron chi connectivity index (χ2n) is 6.88. The first-order valence-corrected chi connectivity index (χ1v) is 9.99. The van der Waals surface area contributed by atoms with Crippen molar-refractivity contribution in [1.29, 1.82) is 0 Å². The van der Waals surface area contributed by atoms with Crippen molar-refractivity contribution in [1.82, 2.24) is 15.5 Å². The molecule has 1 fully saturated rings. The number of hydrogen-bond acceptors (Lipinski definition) is 4. The van der Waals surface area contributed by atoms with Crippen molar-refractivity contribution in [3.05, 3.63) is 54.0 Å². The molecule has 166 valence electrons. The first kappa shape index (κ1) is 24.4. The van der Waals surface area contributed by atoms with Gasteiger partial charge in [-0.1, -0.05) is 12.1 Å². The zero-order valence-electron chi connectivity index (χ0n) is 17.0. The van der Waals surface area contributed by atoms with Crippen LogP contribution in [-0.4, -0.2) is 43.6 Å². The lowest BCUT2D eigenvalue weighted by Crippen LogP contribution is -2.42. The number of ether oxygens (including phenoxy) is 1. The van der Waals surface area contributed by atoms with Crippen molar-refractivity contribution in [2.24, 2.45) is 4.99 Å². The molecular weight excluding hydrogens is 505 g/mol. The van der Waals surface area contributed by atoms with Crippen molar-refractivity contribution >= 4 is 29.9 Å². The lowest BCUT2D eigenvalue weighted by atomic mass is 10.2. The number of aliphatic imine (C=N–C) groups is 1. The minimum atomic E-state index is -2.84. The van der Waals surface area contributed by atoms with Crippen molar-refractivity contribution in [2.75, 3.05) is 26.2 Å². The van der Waals surface area contributed by atoms with E-state index in [1.54, 1.807) is 18.4 Å². The molecule has 0 radical (unpaired) electrons. The number of hydrogen-bond donors (Lipinski definition) is 2. The van der Waals surface area contributed by atoms with Gasteiger partial charge in [-0.25, -0.2) is 4.99 Å². The monoisotopic (exact) mass is 534 g/mol. The summed E-state index contributed by atoms with van der Waals surface area (Å²) in [5.74, 6) is 1.74. The van der Waals surface area contributed by atoms with Crippen LogP contribution in [0.25, 0.3) is 0 Å². The van der Waals surface area contributed by atoms with Crippen LogP contribution in [0, 0.1) is 0 Å². The van der Waals surface area contributed by atoms with Crippen molar-refractivity contribution in [3.63, 3.8) is 0 Å². The molecule has 30 heavy (non-hydrogen) atoms. The molecule has 1 aliphatic rings. The summed E-state index contributed by atoms with van der Waals surface area (Å²) in [7, 11) is 0. The molecule has 1 unspecified atom stereocenters. The van der Waals surface area contributed by atoms with Gasteiger partial charge < -0.3 is 19.8 Å². The zero-order valence-corrected chi connectivity index (χ0v) is 19.4. The summed E-state index contributed by atoms with van der Waals surface area (Å²) in [6, 6.07) is 10.7. The van der Waals surface area contributed by atoms with Gasteiger partial charge in [-0.15, -0.1) is 24.0 Å². The number of rotatable bonds is 9. The highest BCUT2D eigenvalue weighted by Crippen LogP contribution is 2.24. The van der Waals surface area contributed by atoms with Crippen molar-refractivity contribution in [3.8, 4) is 5.75 Å². The van der Waals surface area contributed by atoms with E-state index in [4.69, 9.17) is 4.42 Å². The Labute approximate surface area is 193 Å². The van der Waals surface area contributed by atoms with Gasteiger partial charge in [-0.2, -0.15) is 8.78 Å². The molecule has 0 spiro atoms. The number of guanidine groups is 1. The average Bonchev–Trinajstić information content (AvgIpc) is 3.41. The van der Waals surface area contributed by atoms with Crippen LogP contribution in [0.4, 0.5) is 8.78 Å². The molecule has 1 atom stereocenters. The minimum absolute atomic E-state index is 0. The Morgan fingerprint density at radius 2 is 2.00 bits per heavy atom. The molecule has 0 saturated carbocycles. The molecule has 0 amide bonds. The molecule has 6 nitrogen and oxygen atoms in total. The molecule has 2 heterocycles. The first-order chi connectivity index (χ1) is 14.2. The van der Waals surface area contributed by atoms with Crippen LogP contribution in [-0.2, 0) is 6.54 Å². The Bertz CT molecular complexity index is 768. The highest BCUT2D eigenvalue weighted by molar-refractivity contribution is 14.0. The zero-order chi connectivity index (χ0) is 20.5. The van der Waals surface area contributed by atoms with Crippen molar-refractivity contribution < 1.29 is 17.9 Å². The van der Waals surface area contributed by atoms with Crippen LogP contribution in [0.5, 0.6) is 5.75 Å². The number of benzene rings is 1. The molecule has 1 saturated heterocycles. The van der Waals surface area contributed by atoms with Crippen LogP contribution in [0.1, 0.15) is 37.1 Å². The SMILES string of the molecule is CCNC(=NCc1cccc(OC(F)F)c1)NCC(c1ccco1)N1CCCC1.I. The van der Waals surface area contributed by atoms with E-state index in [0.717, 1.165) is 31.0 Å². The van der Waals surface area contributed by atoms with Gasteiger partial charge in [0.2, 0.25) is 0 Å². The summed E-state index contributed by atoms with van der Waals surface area (Å²) in [4.78, 5) is 7.00. The number of halogens is 3. The van der Waals surface area contributed by atoms with E-state index in [1.807, 2.05) is 25.1 Å². The molecule has 3 rings (SSSR count). The molecule has 2 aromatic rings. The lowest BCUT2D eigenvalue weighted by molar-refractivity contribution is -0.0498. The van der Waals surface area contributed by atoms with Gasteiger partial charge in [0.15, 0.2) is 5.96 Å². The molecule has 1 aromatic heterocycles. The predicted molar refractivity (Wildman–Crippen MR) is 124 cm³/mol. The van der Waals surface area contributed by atoms with Crippen LogP contribution in [0.15, 0.2) is 52.1 Å². The molecule has 1 aliphatic heterocycles. The Morgan fingerprint density at radius 3 is 2.67 bits per heavy atom. The third kappa shape index (κ3) is 7.42. The normalized spacial score (nSPS) is 15.7. The molecule has 2 N–H and O–H groups in total. The van der Waals surface area contributed by atoms with Gasteiger partial charge in [-0.05, 0) is 62.7 Å². The van der Waals surface area contributed by atoms with Crippen LogP contribution in [0.2, 0.25) is 0 Å². The predicted octanol–water partition coefficient (Wildman–Crippen LogP) is 4.39. The third-order valence-corrected chi connectivity index (χ3v) is 4.80. The summed E-state index contributed by atoms with van der Waals surface area (Å²) >= 11 is 0. The maximum Gasteiger partial charge on any atom is 0.387 e. The molecular formula is C21H29F2IN4O2. The van der Waals surface area contributed by atoms with Gasteiger partial charge in [-0.3, -0.25) is 4.90 Å². The van der Waals surface area contributed by atoms with Crippen molar-refractivity contribution in [2.45, 2.75) is 39.0 Å². The Kier molecular flexibility index (Phi) is 10.4. The summed E-state index contributed by atoms with van der Waals surface area (Å²) in [6.45, 7) is 3.00.